The summed E-state index contributed by atoms with van der Waals surface area (Å²) in [6.07, 6.45) is 7.92. The predicted octanol–water partition coefficient (Wildman–Crippen LogP) is 4.95. The van der Waals surface area contributed by atoms with E-state index in [4.69, 9.17) is 11.6 Å². The van der Waals surface area contributed by atoms with Gasteiger partial charge in [0.15, 0.2) is 0 Å². The summed E-state index contributed by atoms with van der Waals surface area (Å²) in [5, 5.41) is 3.93. The van der Waals surface area contributed by atoms with Gasteiger partial charge in [-0.2, -0.15) is 0 Å². The van der Waals surface area contributed by atoms with Crippen molar-refractivity contribution in [2.75, 3.05) is 0 Å². The van der Waals surface area contributed by atoms with Gasteiger partial charge in [0.25, 0.3) is 0 Å². The third kappa shape index (κ3) is 2.35. The van der Waals surface area contributed by atoms with Crippen molar-refractivity contribution in [2.45, 2.75) is 64.5 Å². The lowest BCUT2D eigenvalue weighted by molar-refractivity contribution is 0.155. The molecule has 3 rings (SSSR count). The third-order valence-electron chi connectivity index (χ3n) is 4.76. The summed E-state index contributed by atoms with van der Waals surface area (Å²) in [7, 11) is 0. The quantitative estimate of drug-likeness (QED) is 0.810. The molecule has 100 valence electrons. The highest BCUT2D eigenvalue weighted by Gasteiger charge is 2.35. The van der Waals surface area contributed by atoms with Gasteiger partial charge < -0.3 is 5.32 Å². The summed E-state index contributed by atoms with van der Waals surface area (Å²) in [4.78, 5) is 1.51. The average molecular weight is 284 g/mol. The lowest BCUT2D eigenvalue weighted by Gasteiger charge is -2.40. The SMILES string of the molecule is CC1(C)CCCCC1NC1CCc2sc(Cl)cc21. The van der Waals surface area contributed by atoms with Crippen LogP contribution in [0.15, 0.2) is 6.07 Å². The van der Waals surface area contributed by atoms with Crippen LogP contribution in [0.25, 0.3) is 0 Å². The van der Waals surface area contributed by atoms with E-state index in [9.17, 15) is 0 Å². The molecule has 0 radical (unpaired) electrons. The summed E-state index contributed by atoms with van der Waals surface area (Å²) in [5.41, 5.74) is 1.92. The molecule has 3 heteroatoms. The number of hydrogen-bond acceptors (Lipinski definition) is 2. The Hall–Kier alpha value is -0.0500. The fourth-order valence-electron chi connectivity index (χ4n) is 3.55. The second kappa shape index (κ2) is 4.81. The van der Waals surface area contributed by atoms with Crippen LogP contribution in [0.1, 0.15) is 62.4 Å². The molecular weight excluding hydrogens is 262 g/mol. The lowest BCUT2D eigenvalue weighted by atomic mass is 9.73. The maximum Gasteiger partial charge on any atom is 0.0934 e. The van der Waals surface area contributed by atoms with E-state index in [2.05, 4.69) is 25.2 Å². The van der Waals surface area contributed by atoms with Gasteiger partial charge in [0, 0.05) is 17.0 Å². The first kappa shape index (κ1) is 13.0. The Labute approximate surface area is 119 Å². The minimum atomic E-state index is 0.445. The highest BCUT2D eigenvalue weighted by Crippen LogP contribution is 2.42. The largest absolute Gasteiger partial charge is 0.307 e. The van der Waals surface area contributed by atoms with Gasteiger partial charge >= 0.3 is 0 Å². The summed E-state index contributed by atoms with van der Waals surface area (Å²) in [5.74, 6) is 0. The van der Waals surface area contributed by atoms with Crippen LogP contribution >= 0.6 is 22.9 Å². The van der Waals surface area contributed by atoms with Crippen LogP contribution in [-0.4, -0.2) is 6.04 Å². The molecular formula is C15H22ClNS. The zero-order valence-corrected chi connectivity index (χ0v) is 12.8. The molecule has 1 fully saturated rings. The van der Waals surface area contributed by atoms with Gasteiger partial charge in [-0.15, -0.1) is 11.3 Å². The van der Waals surface area contributed by atoms with E-state index in [0.717, 1.165) is 4.34 Å². The first-order valence-corrected chi connectivity index (χ1v) is 8.30. The van der Waals surface area contributed by atoms with Crippen LogP contribution in [0, 0.1) is 5.41 Å². The van der Waals surface area contributed by atoms with Crippen molar-refractivity contribution in [2.24, 2.45) is 5.41 Å². The minimum Gasteiger partial charge on any atom is -0.307 e. The van der Waals surface area contributed by atoms with Crippen molar-refractivity contribution in [3.63, 3.8) is 0 Å². The van der Waals surface area contributed by atoms with E-state index in [1.54, 1.807) is 11.3 Å². The van der Waals surface area contributed by atoms with Gasteiger partial charge in [0.2, 0.25) is 0 Å². The summed E-state index contributed by atoms with van der Waals surface area (Å²) >= 11 is 7.90. The van der Waals surface area contributed by atoms with E-state index in [1.807, 2.05) is 0 Å². The van der Waals surface area contributed by atoms with Gasteiger partial charge in [0.1, 0.15) is 0 Å². The van der Waals surface area contributed by atoms with Crippen LogP contribution in [0.3, 0.4) is 0 Å². The fraction of sp³-hybridized carbons (Fsp3) is 0.733. The normalized spacial score (nSPS) is 30.4. The summed E-state index contributed by atoms with van der Waals surface area (Å²) in [6.45, 7) is 4.83. The molecule has 1 heterocycles. The molecule has 0 bridgehead atoms. The molecule has 1 aromatic heterocycles. The molecule has 1 N–H and O–H groups in total. The summed E-state index contributed by atoms with van der Waals surface area (Å²) < 4.78 is 0.953. The topological polar surface area (TPSA) is 12.0 Å². The second-order valence-electron chi connectivity index (χ2n) is 6.47. The van der Waals surface area contributed by atoms with Gasteiger partial charge in [-0.25, -0.2) is 0 Å². The minimum absolute atomic E-state index is 0.445. The van der Waals surface area contributed by atoms with E-state index in [0.29, 0.717) is 17.5 Å². The smallest absolute Gasteiger partial charge is 0.0934 e. The Balaban J connectivity index is 1.73. The Morgan fingerprint density at radius 3 is 2.94 bits per heavy atom. The van der Waals surface area contributed by atoms with Crippen LogP contribution in [-0.2, 0) is 6.42 Å². The highest BCUT2D eigenvalue weighted by molar-refractivity contribution is 7.16. The number of halogens is 1. The molecule has 0 aliphatic heterocycles. The molecule has 0 aromatic carbocycles. The Morgan fingerprint density at radius 1 is 1.33 bits per heavy atom. The Morgan fingerprint density at radius 2 is 2.17 bits per heavy atom. The number of hydrogen-bond donors (Lipinski definition) is 1. The fourth-order valence-corrected chi connectivity index (χ4v) is 4.91. The first-order chi connectivity index (χ1) is 8.56. The first-order valence-electron chi connectivity index (χ1n) is 7.10. The van der Waals surface area contributed by atoms with Crippen LogP contribution in [0.4, 0.5) is 0 Å². The van der Waals surface area contributed by atoms with Crippen molar-refractivity contribution < 1.29 is 0 Å². The number of nitrogens with one attached hydrogen (secondary N) is 1. The molecule has 2 unspecified atom stereocenters. The molecule has 18 heavy (non-hydrogen) atoms. The van der Waals surface area contributed by atoms with Crippen LogP contribution in [0.2, 0.25) is 4.34 Å². The standard InChI is InChI=1S/C15H22ClNS/c1-15(2)8-4-3-5-13(15)17-11-6-7-12-10(11)9-14(16)18-12/h9,11,13,17H,3-8H2,1-2H3. The molecule has 0 spiro atoms. The maximum atomic E-state index is 6.13. The highest BCUT2D eigenvalue weighted by atomic mass is 35.5. The van der Waals surface area contributed by atoms with E-state index >= 15 is 0 Å². The number of aryl methyl sites for hydroxylation is 1. The molecule has 1 nitrogen and oxygen atoms in total. The molecule has 2 aliphatic carbocycles. The number of fused-ring (bicyclic) bond motifs is 1. The van der Waals surface area contributed by atoms with Gasteiger partial charge in [0.05, 0.1) is 4.34 Å². The van der Waals surface area contributed by atoms with Gasteiger partial charge in [-0.3, -0.25) is 0 Å². The molecule has 2 atom stereocenters. The molecule has 1 saturated carbocycles. The van der Waals surface area contributed by atoms with E-state index in [1.165, 1.54) is 49.0 Å². The van der Waals surface area contributed by atoms with Crippen molar-refractivity contribution in [3.05, 3.63) is 20.8 Å². The molecule has 0 amide bonds. The molecule has 1 aromatic rings. The van der Waals surface area contributed by atoms with Gasteiger partial charge in [-0.05, 0) is 42.7 Å². The van der Waals surface area contributed by atoms with Crippen molar-refractivity contribution >= 4 is 22.9 Å². The average Bonchev–Trinajstić information content (AvgIpc) is 2.82. The van der Waals surface area contributed by atoms with Crippen molar-refractivity contribution in [3.8, 4) is 0 Å². The molecule has 0 saturated heterocycles. The molecule has 2 aliphatic rings. The van der Waals surface area contributed by atoms with Crippen molar-refractivity contribution in [1.82, 2.24) is 5.32 Å². The van der Waals surface area contributed by atoms with Crippen LogP contribution in [0.5, 0.6) is 0 Å². The predicted molar refractivity (Wildman–Crippen MR) is 79.6 cm³/mol. The Kier molecular flexibility index (Phi) is 3.46. The van der Waals surface area contributed by atoms with E-state index < -0.39 is 0 Å². The van der Waals surface area contributed by atoms with E-state index in [-0.39, 0.29) is 0 Å². The third-order valence-corrected chi connectivity index (χ3v) is 6.10. The van der Waals surface area contributed by atoms with Crippen LogP contribution < -0.4 is 5.32 Å². The lowest BCUT2D eigenvalue weighted by Crippen LogP contribution is -2.45. The maximum absolute atomic E-state index is 6.13. The zero-order chi connectivity index (χ0) is 12.8. The summed E-state index contributed by atoms with van der Waals surface area (Å²) in [6, 6.07) is 3.40. The van der Waals surface area contributed by atoms with Gasteiger partial charge in [-0.1, -0.05) is 38.3 Å². The Bertz CT molecular complexity index is 438. The second-order valence-corrected chi connectivity index (χ2v) is 8.24. The monoisotopic (exact) mass is 283 g/mol. The van der Waals surface area contributed by atoms with Crippen molar-refractivity contribution in [1.29, 1.82) is 0 Å². The number of thiophene rings is 1. The zero-order valence-electron chi connectivity index (χ0n) is 11.3. The number of rotatable bonds is 2.